The number of rotatable bonds is 8. The van der Waals surface area contributed by atoms with Gasteiger partial charge < -0.3 is 19.8 Å². The SMILES string of the molecule is O=C(CS[C@H]1C(=O)N(c2ccccc2)[C@@H]1c1ccc(-c2ccc(P(=O)(O)O)cc2)cc1O)c1ccc(F)cc1. The third-order valence-electron chi connectivity index (χ3n) is 6.53. The molecule has 0 aromatic heterocycles. The minimum absolute atomic E-state index is 0.00589. The highest BCUT2D eigenvalue weighted by Gasteiger charge is 2.50. The van der Waals surface area contributed by atoms with Crippen molar-refractivity contribution in [1.29, 1.82) is 0 Å². The summed E-state index contributed by atoms with van der Waals surface area (Å²) >= 11 is 1.17. The van der Waals surface area contributed by atoms with Crippen LogP contribution in [0.3, 0.4) is 0 Å². The molecule has 0 radical (unpaired) electrons. The van der Waals surface area contributed by atoms with Gasteiger partial charge in [-0.3, -0.25) is 14.2 Å². The zero-order chi connectivity index (χ0) is 27.7. The van der Waals surface area contributed by atoms with Crippen LogP contribution in [-0.4, -0.2) is 37.6 Å². The summed E-state index contributed by atoms with van der Waals surface area (Å²) < 4.78 is 24.7. The van der Waals surface area contributed by atoms with Gasteiger partial charge in [-0.1, -0.05) is 42.5 Å². The second-order valence-corrected chi connectivity index (χ2v) is 11.7. The molecule has 4 aromatic carbocycles. The zero-order valence-corrected chi connectivity index (χ0v) is 22.1. The lowest BCUT2D eigenvalue weighted by atomic mass is 9.90. The van der Waals surface area contributed by atoms with Crippen molar-refractivity contribution in [3.05, 3.63) is 114 Å². The highest BCUT2D eigenvalue weighted by Crippen LogP contribution is 2.48. The van der Waals surface area contributed by atoms with E-state index in [0.717, 1.165) is 0 Å². The maximum Gasteiger partial charge on any atom is 0.356 e. The smallest absolute Gasteiger partial charge is 0.356 e. The minimum Gasteiger partial charge on any atom is -0.508 e. The van der Waals surface area contributed by atoms with Gasteiger partial charge in [0.2, 0.25) is 5.91 Å². The van der Waals surface area contributed by atoms with Crippen LogP contribution in [0.15, 0.2) is 97.1 Å². The molecule has 0 spiro atoms. The Labute approximate surface area is 228 Å². The van der Waals surface area contributed by atoms with Gasteiger partial charge in [-0.2, -0.15) is 0 Å². The molecule has 3 N–H and O–H groups in total. The van der Waals surface area contributed by atoms with Gasteiger partial charge in [0.05, 0.1) is 17.1 Å². The predicted octanol–water partition coefficient (Wildman–Crippen LogP) is 5.07. The highest BCUT2D eigenvalue weighted by molar-refractivity contribution is 8.01. The molecule has 1 amide bonds. The third kappa shape index (κ3) is 5.53. The Morgan fingerprint density at radius 2 is 1.54 bits per heavy atom. The Hall–Kier alpha value is -3.75. The van der Waals surface area contributed by atoms with Crippen molar-refractivity contribution in [2.75, 3.05) is 10.7 Å². The number of phenolic OH excluding ortho intramolecular Hbond substituents is 1. The summed E-state index contributed by atoms with van der Waals surface area (Å²) in [6, 6.07) is 24.6. The van der Waals surface area contributed by atoms with E-state index in [0.29, 0.717) is 27.9 Å². The Bertz CT molecular complexity index is 1570. The number of carbonyl (C=O) groups excluding carboxylic acids is 2. The molecule has 198 valence electrons. The number of halogens is 1. The lowest BCUT2D eigenvalue weighted by molar-refractivity contribution is -0.123. The number of hydrogen-bond acceptors (Lipinski definition) is 5. The number of benzene rings is 4. The summed E-state index contributed by atoms with van der Waals surface area (Å²) in [5, 5.41) is 10.3. The number of aromatic hydroxyl groups is 1. The van der Waals surface area contributed by atoms with Crippen molar-refractivity contribution in [3.8, 4) is 16.9 Å². The van der Waals surface area contributed by atoms with Gasteiger partial charge in [0.25, 0.3) is 0 Å². The number of para-hydroxylation sites is 1. The van der Waals surface area contributed by atoms with Crippen LogP contribution in [0.5, 0.6) is 5.75 Å². The second kappa shape index (κ2) is 10.8. The fraction of sp³-hybridized carbons (Fsp3) is 0.103. The maximum atomic E-state index is 13.3. The molecule has 7 nitrogen and oxygen atoms in total. The van der Waals surface area contributed by atoms with Crippen LogP contribution in [0.1, 0.15) is 22.0 Å². The normalized spacial score (nSPS) is 17.1. The fourth-order valence-corrected chi connectivity index (χ4v) is 6.25. The van der Waals surface area contributed by atoms with Gasteiger partial charge >= 0.3 is 7.60 Å². The summed E-state index contributed by atoms with van der Waals surface area (Å²) in [5.41, 5.74) is 2.78. The van der Waals surface area contributed by atoms with Gasteiger partial charge in [-0.25, -0.2) is 4.39 Å². The van der Waals surface area contributed by atoms with Gasteiger partial charge in [-0.05, 0) is 65.7 Å². The first kappa shape index (κ1) is 26.8. The van der Waals surface area contributed by atoms with Crippen LogP contribution >= 0.6 is 19.4 Å². The van der Waals surface area contributed by atoms with E-state index in [4.69, 9.17) is 0 Å². The van der Waals surface area contributed by atoms with Crippen LogP contribution < -0.4 is 10.2 Å². The standard InChI is InChI=1S/C29H23FNO6PS/c30-21-11-6-19(7-12-21)26(33)17-39-28-27(31(29(28)34)22-4-2-1-3-5-22)24-15-10-20(16-25(24)32)18-8-13-23(14-9-18)38(35,36)37/h1-16,27-28,32H,17H2,(H2,35,36,37)/t27-,28-/m1/s1. The predicted molar refractivity (Wildman–Crippen MR) is 149 cm³/mol. The number of phenols is 1. The average molecular weight is 564 g/mol. The van der Waals surface area contributed by atoms with Crippen molar-refractivity contribution in [2.45, 2.75) is 11.3 Å². The van der Waals surface area contributed by atoms with E-state index >= 15 is 0 Å². The molecule has 0 unspecified atom stereocenters. The van der Waals surface area contributed by atoms with Crippen LogP contribution in [-0.2, 0) is 9.36 Å². The molecule has 1 aliphatic heterocycles. The highest BCUT2D eigenvalue weighted by atomic mass is 32.2. The fourth-order valence-electron chi connectivity index (χ4n) is 4.51. The van der Waals surface area contributed by atoms with E-state index < -0.39 is 24.7 Å². The van der Waals surface area contributed by atoms with E-state index in [-0.39, 0.29) is 28.5 Å². The van der Waals surface area contributed by atoms with Crippen LogP contribution in [0.4, 0.5) is 10.1 Å². The topological polar surface area (TPSA) is 115 Å². The van der Waals surface area contributed by atoms with Gasteiger partial charge in [-0.15, -0.1) is 11.8 Å². The Morgan fingerprint density at radius 3 is 2.15 bits per heavy atom. The number of hydrogen-bond donors (Lipinski definition) is 3. The van der Waals surface area contributed by atoms with Gasteiger partial charge in [0, 0.05) is 16.8 Å². The first-order valence-electron chi connectivity index (χ1n) is 11.9. The maximum absolute atomic E-state index is 13.3. The quantitative estimate of drug-likeness (QED) is 0.156. The zero-order valence-electron chi connectivity index (χ0n) is 20.3. The number of thioether (sulfide) groups is 1. The molecule has 10 heteroatoms. The van der Waals surface area contributed by atoms with Crippen LogP contribution in [0.2, 0.25) is 0 Å². The van der Waals surface area contributed by atoms with E-state index in [1.54, 1.807) is 47.4 Å². The van der Waals surface area contributed by atoms with Crippen LogP contribution in [0, 0.1) is 5.82 Å². The Kier molecular flexibility index (Phi) is 7.42. The van der Waals surface area contributed by atoms with Crippen molar-refractivity contribution >= 4 is 42.0 Å². The van der Waals surface area contributed by atoms with Crippen molar-refractivity contribution < 1.29 is 33.4 Å². The molecule has 4 aromatic rings. The molecule has 0 bridgehead atoms. The summed E-state index contributed by atoms with van der Waals surface area (Å²) in [6.45, 7) is 0. The van der Waals surface area contributed by atoms with Gasteiger partial charge in [0.15, 0.2) is 5.78 Å². The lowest BCUT2D eigenvalue weighted by Gasteiger charge is -2.47. The Balaban J connectivity index is 1.42. The second-order valence-electron chi connectivity index (χ2n) is 9.01. The molecule has 2 atom stereocenters. The molecule has 1 fully saturated rings. The minimum atomic E-state index is -4.37. The lowest BCUT2D eigenvalue weighted by Crippen LogP contribution is -2.57. The monoisotopic (exact) mass is 563 g/mol. The largest absolute Gasteiger partial charge is 0.508 e. The number of anilines is 1. The van der Waals surface area contributed by atoms with Gasteiger partial charge in [0.1, 0.15) is 16.8 Å². The molecule has 0 aliphatic carbocycles. The van der Waals surface area contributed by atoms with Crippen LogP contribution in [0.25, 0.3) is 11.1 Å². The number of nitrogens with zero attached hydrogens (tertiary/aromatic N) is 1. The molecule has 1 aliphatic rings. The number of carbonyl (C=O) groups is 2. The summed E-state index contributed by atoms with van der Waals surface area (Å²) in [5.74, 6) is -0.918. The molecular formula is C29H23FNO6PS. The molecule has 5 rings (SSSR count). The summed E-state index contributed by atoms with van der Waals surface area (Å²) in [4.78, 5) is 46.2. The summed E-state index contributed by atoms with van der Waals surface area (Å²) in [6.07, 6.45) is 0. The van der Waals surface area contributed by atoms with Crippen molar-refractivity contribution in [2.24, 2.45) is 0 Å². The molecule has 0 saturated carbocycles. The number of ketones is 1. The Morgan fingerprint density at radius 1 is 0.897 bits per heavy atom. The van der Waals surface area contributed by atoms with Crippen molar-refractivity contribution in [3.63, 3.8) is 0 Å². The van der Waals surface area contributed by atoms with E-state index in [9.17, 15) is 33.4 Å². The molecular weight excluding hydrogens is 540 g/mol. The average Bonchev–Trinajstić information content (AvgIpc) is 2.92. The number of amides is 1. The van der Waals surface area contributed by atoms with E-state index in [1.807, 2.05) is 18.2 Å². The number of Topliss-reactive ketones (excluding diaryl/α,β-unsaturated/α-hetero) is 1. The van der Waals surface area contributed by atoms with E-state index in [1.165, 1.54) is 48.2 Å². The summed E-state index contributed by atoms with van der Waals surface area (Å²) in [7, 11) is -4.37. The van der Waals surface area contributed by atoms with E-state index in [2.05, 4.69) is 0 Å². The molecule has 1 saturated heterocycles. The first-order chi connectivity index (χ1) is 18.6. The molecule has 1 heterocycles. The molecule has 39 heavy (non-hydrogen) atoms. The first-order valence-corrected chi connectivity index (χ1v) is 14.6. The third-order valence-corrected chi connectivity index (χ3v) is 8.74. The number of β-lactam (4-membered cyclic amide) rings is 1. The van der Waals surface area contributed by atoms with Crippen molar-refractivity contribution in [1.82, 2.24) is 0 Å².